The van der Waals surface area contributed by atoms with Gasteiger partial charge in [0.15, 0.2) is 11.6 Å². The van der Waals surface area contributed by atoms with Crippen molar-refractivity contribution in [1.29, 1.82) is 0 Å². The first kappa shape index (κ1) is 30.2. The number of rotatable bonds is 8. The van der Waals surface area contributed by atoms with Crippen LogP contribution in [-0.2, 0) is 9.59 Å². The van der Waals surface area contributed by atoms with Crippen LogP contribution in [0.15, 0.2) is 78.9 Å². The normalized spacial score (nSPS) is 11.3. The van der Waals surface area contributed by atoms with Gasteiger partial charge in [-0.15, -0.1) is 0 Å². The van der Waals surface area contributed by atoms with Crippen LogP contribution < -0.4 is 10.1 Å². The first-order valence-corrected chi connectivity index (χ1v) is 13.7. The van der Waals surface area contributed by atoms with Crippen LogP contribution in [-0.4, -0.2) is 29.1 Å². The number of H-pyrrole nitrogens is 1. The zero-order chi connectivity index (χ0) is 30.2. The highest BCUT2D eigenvalue weighted by Gasteiger charge is 2.20. The minimum absolute atomic E-state index is 0.0598. The summed E-state index contributed by atoms with van der Waals surface area (Å²) in [5.41, 5.74) is 6.13. The first-order chi connectivity index (χ1) is 20.3. The van der Waals surface area contributed by atoms with Crippen LogP contribution >= 0.6 is 11.6 Å². The van der Waals surface area contributed by atoms with Crippen molar-refractivity contribution in [3.63, 3.8) is 0 Å². The second-order valence-electron chi connectivity index (χ2n) is 9.59. The number of benzene rings is 4. The number of imidazole rings is 1. The van der Waals surface area contributed by atoms with Crippen molar-refractivity contribution in [3.05, 3.63) is 106 Å². The van der Waals surface area contributed by atoms with E-state index in [1.807, 2.05) is 73.7 Å². The molecule has 214 valence electrons. The number of ether oxygens (including phenoxy) is 1. The summed E-state index contributed by atoms with van der Waals surface area (Å²) in [5, 5.41) is 3.74. The zero-order valence-electron chi connectivity index (χ0n) is 23.3. The van der Waals surface area contributed by atoms with Crippen LogP contribution in [0, 0.1) is 12.7 Å². The third-order valence-electron chi connectivity index (χ3n) is 6.87. The minimum atomic E-state index is -0.468. The molecule has 7 nitrogen and oxygen atoms in total. The fourth-order valence-electron chi connectivity index (χ4n) is 4.91. The van der Waals surface area contributed by atoms with Gasteiger partial charge in [-0.05, 0) is 48.2 Å². The average Bonchev–Trinajstić information content (AvgIpc) is 3.40. The molecule has 1 atom stereocenters. The average molecular weight is 586 g/mol. The Balaban J connectivity index is 0.00000129. The van der Waals surface area contributed by atoms with Crippen LogP contribution in [0.2, 0.25) is 5.02 Å². The lowest BCUT2D eigenvalue weighted by molar-refractivity contribution is -0.191. The van der Waals surface area contributed by atoms with E-state index >= 15 is 0 Å². The Hall–Kier alpha value is -4.78. The highest BCUT2D eigenvalue weighted by molar-refractivity contribution is 6.34. The van der Waals surface area contributed by atoms with Crippen molar-refractivity contribution in [2.45, 2.75) is 32.7 Å². The van der Waals surface area contributed by atoms with Crippen LogP contribution in [0.25, 0.3) is 33.5 Å². The number of hydrogen-bond donors (Lipinski definition) is 2. The number of carbonyl (C=O) groups excluding carboxylic acids is 3. The number of aryl methyl sites for hydroxylation is 1. The van der Waals surface area contributed by atoms with Gasteiger partial charge in [0.1, 0.15) is 5.82 Å². The molecule has 0 saturated heterocycles. The van der Waals surface area contributed by atoms with E-state index in [4.69, 9.17) is 25.9 Å². The van der Waals surface area contributed by atoms with Crippen molar-refractivity contribution in [2.75, 3.05) is 7.11 Å². The van der Waals surface area contributed by atoms with Gasteiger partial charge in [-0.2, -0.15) is 9.59 Å². The first-order valence-electron chi connectivity index (χ1n) is 13.3. The fraction of sp³-hybridized carbons (Fsp3) is 0.182. The molecule has 0 aliphatic heterocycles. The minimum Gasteiger partial charge on any atom is -0.494 e. The van der Waals surface area contributed by atoms with E-state index in [-0.39, 0.29) is 23.9 Å². The number of nitrogens with zero attached hydrogens (tertiary/aromatic N) is 1. The van der Waals surface area contributed by atoms with Crippen molar-refractivity contribution in [3.8, 4) is 28.3 Å². The van der Waals surface area contributed by atoms with Crippen LogP contribution in [0.1, 0.15) is 47.3 Å². The van der Waals surface area contributed by atoms with Crippen LogP contribution in [0.4, 0.5) is 4.39 Å². The lowest BCUT2D eigenvalue weighted by Crippen LogP contribution is -2.28. The van der Waals surface area contributed by atoms with Crippen molar-refractivity contribution in [2.24, 2.45) is 0 Å². The largest absolute Gasteiger partial charge is 0.494 e. The number of hydrogen-bond acceptors (Lipinski definition) is 5. The number of aromatic nitrogens is 2. The fourth-order valence-corrected chi connectivity index (χ4v) is 5.19. The summed E-state index contributed by atoms with van der Waals surface area (Å²) in [5.74, 6) is 0.0934. The maximum atomic E-state index is 14.3. The number of carbonyl (C=O) groups is 1. The molecule has 5 rings (SSSR count). The van der Waals surface area contributed by atoms with Gasteiger partial charge in [0, 0.05) is 33.8 Å². The van der Waals surface area contributed by atoms with Gasteiger partial charge in [-0.1, -0.05) is 73.5 Å². The molecule has 4 aromatic carbocycles. The molecule has 2 N–H and O–H groups in total. The Kier molecular flexibility index (Phi) is 9.86. The molecule has 5 aromatic rings. The summed E-state index contributed by atoms with van der Waals surface area (Å²) in [7, 11) is 1.42. The molecule has 1 heterocycles. The smallest absolute Gasteiger partial charge is 0.373 e. The molecule has 0 radical (unpaired) electrons. The molecule has 0 bridgehead atoms. The van der Waals surface area contributed by atoms with E-state index in [0.717, 1.165) is 40.7 Å². The molecule has 9 heteroatoms. The molecule has 0 aliphatic rings. The number of nitrogens with one attached hydrogen (secondary N) is 2. The molecule has 0 unspecified atom stereocenters. The molecule has 42 heavy (non-hydrogen) atoms. The second-order valence-corrected chi connectivity index (χ2v) is 10.00. The van der Waals surface area contributed by atoms with Gasteiger partial charge in [0.2, 0.25) is 0 Å². The standard InChI is InChI=1S/C32H29ClFN3O2.CO2/c1-4-9-26(20-10-6-5-7-11-20)37-32(38)21-14-15-22(19(2)16-21)30-23(12-8-13-24(30)33)31-35-27-17-25(34)29(39-3)18-28(27)36-31;2-1-3/h5-8,10-18,26H,4,9H2,1-3H3,(H,35,36)(H,37,38);/t26-;/m1./s1. The van der Waals surface area contributed by atoms with E-state index in [9.17, 15) is 9.18 Å². The Labute approximate surface area is 247 Å². The van der Waals surface area contributed by atoms with E-state index in [1.165, 1.54) is 13.2 Å². The predicted molar refractivity (Wildman–Crippen MR) is 160 cm³/mol. The Morgan fingerprint density at radius 1 is 1.05 bits per heavy atom. The molecule has 1 aromatic heterocycles. The van der Waals surface area contributed by atoms with E-state index in [2.05, 4.69) is 22.2 Å². The van der Waals surface area contributed by atoms with Crippen molar-refractivity contribution >= 4 is 34.7 Å². The molecule has 0 spiro atoms. The Morgan fingerprint density at radius 2 is 1.79 bits per heavy atom. The van der Waals surface area contributed by atoms with Crippen LogP contribution in [0.3, 0.4) is 0 Å². The third-order valence-corrected chi connectivity index (χ3v) is 7.18. The topological polar surface area (TPSA) is 101 Å². The van der Waals surface area contributed by atoms with Gasteiger partial charge >= 0.3 is 6.15 Å². The highest BCUT2D eigenvalue weighted by Crippen LogP contribution is 2.39. The number of halogens is 2. The maximum Gasteiger partial charge on any atom is 0.373 e. The van der Waals surface area contributed by atoms with Crippen molar-refractivity contribution < 1.29 is 23.5 Å². The molecule has 0 aliphatic carbocycles. The monoisotopic (exact) mass is 585 g/mol. The highest BCUT2D eigenvalue weighted by atomic mass is 35.5. The summed E-state index contributed by atoms with van der Waals surface area (Å²) in [6, 6.07) is 24.1. The summed E-state index contributed by atoms with van der Waals surface area (Å²) < 4.78 is 19.4. The number of methoxy groups -OCH3 is 1. The van der Waals surface area contributed by atoms with Gasteiger partial charge < -0.3 is 15.0 Å². The SMILES string of the molecule is CCC[C@@H](NC(=O)c1ccc(-c2c(Cl)cccc2-c2nc3cc(OC)c(F)cc3[nH]2)c(C)c1)c1ccccc1.O=C=O. The third kappa shape index (κ3) is 6.57. The van der Waals surface area contributed by atoms with Gasteiger partial charge in [0.25, 0.3) is 5.91 Å². The summed E-state index contributed by atoms with van der Waals surface area (Å²) in [6.07, 6.45) is 2.05. The van der Waals surface area contributed by atoms with E-state index < -0.39 is 5.82 Å². The van der Waals surface area contributed by atoms with Gasteiger partial charge in [-0.25, -0.2) is 9.37 Å². The lowest BCUT2D eigenvalue weighted by atomic mass is 9.93. The zero-order valence-corrected chi connectivity index (χ0v) is 24.1. The Bertz CT molecular complexity index is 1750. The summed E-state index contributed by atoms with van der Waals surface area (Å²) in [4.78, 5) is 37.4. The van der Waals surface area contributed by atoms with Crippen molar-refractivity contribution in [1.82, 2.24) is 15.3 Å². The van der Waals surface area contributed by atoms with Gasteiger partial charge in [-0.3, -0.25) is 4.79 Å². The number of amides is 1. The molecular formula is C33H29ClFN3O4. The number of aromatic amines is 1. The van der Waals surface area contributed by atoms with E-state index in [0.29, 0.717) is 27.4 Å². The summed E-state index contributed by atoms with van der Waals surface area (Å²) in [6.45, 7) is 4.07. The molecular weight excluding hydrogens is 557 g/mol. The summed E-state index contributed by atoms with van der Waals surface area (Å²) >= 11 is 6.73. The molecule has 0 fully saturated rings. The van der Waals surface area contributed by atoms with E-state index in [1.54, 1.807) is 6.07 Å². The predicted octanol–water partition coefficient (Wildman–Crippen LogP) is 7.69. The quantitative estimate of drug-likeness (QED) is 0.194. The lowest BCUT2D eigenvalue weighted by Gasteiger charge is -2.19. The number of fused-ring (bicyclic) bond motifs is 1. The second kappa shape index (κ2) is 13.7. The molecule has 1 amide bonds. The molecule has 0 saturated carbocycles. The van der Waals surface area contributed by atoms with Gasteiger partial charge in [0.05, 0.1) is 24.2 Å². The maximum absolute atomic E-state index is 14.3. The Morgan fingerprint density at radius 3 is 2.45 bits per heavy atom. The van der Waals surface area contributed by atoms with Crippen LogP contribution in [0.5, 0.6) is 5.75 Å².